The number of H-pyrrole nitrogens is 6. The zero-order chi connectivity index (χ0) is 34.7. The van der Waals surface area contributed by atoms with Crippen molar-refractivity contribution in [3.8, 4) is 0 Å². The van der Waals surface area contributed by atoms with Crippen LogP contribution >= 0.6 is 0 Å². The normalized spacial score (nSPS) is 12.5. The van der Waals surface area contributed by atoms with Crippen LogP contribution in [0.3, 0.4) is 0 Å². The van der Waals surface area contributed by atoms with Crippen LogP contribution < -0.4 is 21.4 Å². The van der Waals surface area contributed by atoms with Crippen molar-refractivity contribution in [1.29, 1.82) is 0 Å². The molecule has 0 fully saturated rings. The highest BCUT2D eigenvalue weighted by Crippen LogP contribution is 2.22. The standard InChI is InChI=1S/C43H52N6/c1-11-29-22(6)34-20-38-32(14-4)25(9)42(48-38)40-23(7)30(12-2)35(46-40)18-27-16-17-28(44-27)19-36-31(13-3)24(8)41(47-36)43-26(10)33(15-5)39(49-43)21-37(29)45-34/h16-21,44-49H,11-15H2,1-10H3. The fourth-order valence-corrected chi connectivity index (χ4v) is 8.54. The van der Waals surface area contributed by atoms with Gasteiger partial charge in [-0.2, -0.15) is 0 Å². The minimum Gasteiger partial charge on any atom is -0.355 e. The van der Waals surface area contributed by atoms with Crippen LogP contribution in [0.4, 0.5) is 0 Å². The van der Waals surface area contributed by atoms with Crippen molar-refractivity contribution in [1.82, 2.24) is 29.9 Å². The van der Waals surface area contributed by atoms with Crippen LogP contribution in [-0.4, -0.2) is 29.9 Å². The lowest BCUT2D eigenvalue weighted by atomic mass is 10.0. The molecule has 0 unspecified atom stereocenters. The van der Waals surface area contributed by atoms with Gasteiger partial charge in [0.2, 0.25) is 0 Å². The summed E-state index contributed by atoms with van der Waals surface area (Å²) in [5.74, 6) is 0. The molecule has 49 heavy (non-hydrogen) atoms. The van der Waals surface area contributed by atoms with Crippen molar-refractivity contribution in [2.24, 2.45) is 0 Å². The van der Waals surface area contributed by atoms with Crippen molar-refractivity contribution >= 4 is 24.3 Å². The molecule has 0 atom stereocenters. The Morgan fingerprint density at radius 3 is 1.02 bits per heavy atom. The smallest absolute Gasteiger partial charge is 0.0659 e. The van der Waals surface area contributed by atoms with Crippen LogP contribution in [0.15, 0.2) is 12.1 Å². The van der Waals surface area contributed by atoms with Gasteiger partial charge in [0.25, 0.3) is 0 Å². The molecule has 6 N–H and O–H groups in total. The first-order chi connectivity index (χ1) is 23.6. The van der Waals surface area contributed by atoms with E-state index in [1.807, 2.05) is 0 Å². The minimum absolute atomic E-state index is 0.956. The molecule has 1 aliphatic rings. The van der Waals surface area contributed by atoms with E-state index in [-0.39, 0.29) is 0 Å². The number of rotatable bonds is 5. The third-order valence-electron chi connectivity index (χ3n) is 11.3. The van der Waals surface area contributed by atoms with Crippen molar-refractivity contribution in [2.75, 3.05) is 0 Å². The molecule has 6 aromatic heterocycles. The lowest BCUT2D eigenvalue weighted by Crippen LogP contribution is -2.09. The molecule has 0 aromatic carbocycles. The first kappa shape index (κ1) is 32.7. The van der Waals surface area contributed by atoms with Gasteiger partial charge in [-0.3, -0.25) is 0 Å². The van der Waals surface area contributed by atoms with E-state index in [0.717, 1.165) is 59.9 Å². The fraction of sp³-hybridized carbons (Fsp3) is 0.349. The van der Waals surface area contributed by atoms with Gasteiger partial charge in [0.1, 0.15) is 0 Å². The molecule has 0 amide bonds. The molecule has 254 valence electrons. The molecule has 0 radical (unpaired) electrons. The Kier molecular flexibility index (Phi) is 8.38. The molecule has 7 rings (SSSR count). The highest BCUT2D eigenvalue weighted by atomic mass is 14.8. The van der Waals surface area contributed by atoms with Crippen LogP contribution in [0.5, 0.6) is 0 Å². The first-order valence-electron chi connectivity index (χ1n) is 18.3. The Morgan fingerprint density at radius 2 is 0.673 bits per heavy atom. The third kappa shape index (κ3) is 5.24. The van der Waals surface area contributed by atoms with Gasteiger partial charge in [0.15, 0.2) is 0 Å². The lowest BCUT2D eigenvalue weighted by Gasteiger charge is -1.98. The van der Waals surface area contributed by atoms with E-state index in [0.29, 0.717) is 0 Å². The monoisotopic (exact) mass is 652 g/mol. The second kappa shape index (κ2) is 12.6. The molecule has 12 bridgehead atoms. The van der Waals surface area contributed by atoms with Crippen molar-refractivity contribution in [3.63, 3.8) is 0 Å². The van der Waals surface area contributed by atoms with Crippen LogP contribution in [0.25, 0.3) is 24.3 Å². The van der Waals surface area contributed by atoms with E-state index in [9.17, 15) is 0 Å². The summed E-state index contributed by atoms with van der Waals surface area (Å²) in [6, 6.07) is 4.37. The third-order valence-corrected chi connectivity index (χ3v) is 11.3. The Hall–Kier alpha value is -4.84. The summed E-state index contributed by atoms with van der Waals surface area (Å²) in [5, 5.41) is 9.38. The number of hydrogen-bond acceptors (Lipinski definition) is 0. The summed E-state index contributed by atoms with van der Waals surface area (Å²) < 4.78 is 0. The lowest BCUT2D eigenvalue weighted by molar-refractivity contribution is 1.09. The van der Waals surface area contributed by atoms with Crippen LogP contribution in [0.1, 0.15) is 113 Å². The van der Waals surface area contributed by atoms with E-state index in [4.69, 9.17) is 0 Å². The molecule has 1 aliphatic heterocycles. The van der Waals surface area contributed by atoms with Gasteiger partial charge < -0.3 is 29.9 Å². The molecule has 0 saturated heterocycles. The summed E-state index contributed by atoms with van der Waals surface area (Å²) >= 11 is 0. The van der Waals surface area contributed by atoms with Crippen LogP contribution in [-0.2, 0) is 32.1 Å². The molecule has 6 heteroatoms. The highest BCUT2D eigenvalue weighted by molar-refractivity contribution is 5.62. The Labute approximate surface area is 288 Å². The second-order valence-electron chi connectivity index (χ2n) is 13.8. The van der Waals surface area contributed by atoms with Gasteiger partial charge >= 0.3 is 0 Å². The maximum atomic E-state index is 3.89. The van der Waals surface area contributed by atoms with E-state index in [2.05, 4.69) is 136 Å². The Balaban J connectivity index is 1.66. The predicted molar refractivity (Wildman–Crippen MR) is 203 cm³/mol. The van der Waals surface area contributed by atoms with Gasteiger partial charge in [-0.1, -0.05) is 34.6 Å². The van der Waals surface area contributed by atoms with E-state index >= 15 is 0 Å². The summed E-state index contributed by atoms with van der Waals surface area (Å²) in [4.78, 5) is 23.0. The van der Waals surface area contributed by atoms with Crippen LogP contribution in [0, 0.1) is 56.0 Å². The average molecular weight is 653 g/mol. The Morgan fingerprint density at radius 1 is 0.347 bits per heavy atom. The fourth-order valence-electron chi connectivity index (χ4n) is 8.54. The average Bonchev–Trinajstić information content (AvgIpc) is 3.91. The van der Waals surface area contributed by atoms with Gasteiger partial charge in [-0.05, 0) is 159 Å². The molecular weight excluding hydrogens is 601 g/mol. The summed E-state index contributed by atoms with van der Waals surface area (Å²) in [6.45, 7) is 22.6. The Bertz CT molecular complexity index is 2690. The molecule has 6 aromatic rings. The molecule has 7 heterocycles. The zero-order valence-corrected chi connectivity index (χ0v) is 31.0. The first-order valence-corrected chi connectivity index (χ1v) is 18.3. The number of aromatic nitrogens is 6. The zero-order valence-electron chi connectivity index (χ0n) is 31.0. The van der Waals surface area contributed by atoms with Crippen molar-refractivity contribution in [3.05, 3.63) is 133 Å². The van der Waals surface area contributed by atoms with E-state index in [1.54, 1.807) is 0 Å². The topological polar surface area (TPSA) is 94.7 Å². The highest BCUT2D eigenvalue weighted by Gasteiger charge is 2.15. The maximum Gasteiger partial charge on any atom is 0.0659 e. The summed E-state index contributed by atoms with van der Waals surface area (Å²) in [5.41, 5.74) is 17.8. The second-order valence-corrected chi connectivity index (χ2v) is 13.8. The molecule has 0 aliphatic carbocycles. The van der Waals surface area contributed by atoms with Gasteiger partial charge in [-0.15, -0.1) is 0 Å². The summed E-state index contributed by atoms with van der Waals surface area (Å²) in [6.07, 6.45) is 14.0. The number of nitrogens with one attached hydrogen (secondary N) is 6. The molecule has 0 saturated carbocycles. The maximum absolute atomic E-state index is 3.89. The van der Waals surface area contributed by atoms with E-state index < -0.39 is 0 Å². The van der Waals surface area contributed by atoms with Crippen molar-refractivity contribution in [2.45, 2.75) is 101 Å². The molecule has 0 spiro atoms. The van der Waals surface area contributed by atoms with Gasteiger partial charge in [-0.25, -0.2) is 0 Å². The van der Waals surface area contributed by atoms with Gasteiger partial charge in [0, 0.05) is 44.2 Å². The number of hydrogen-bond donors (Lipinski definition) is 6. The molecular formula is C43H52N6. The summed E-state index contributed by atoms with van der Waals surface area (Å²) in [7, 11) is 0. The minimum atomic E-state index is 0.956. The number of aromatic amines is 6. The van der Waals surface area contributed by atoms with E-state index in [1.165, 1.54) is 93.4 Å². The largest absolute Gasteiger partial charge is 0.355 e. The molecule has 6 nitrogen and oxygen atoms in total. The van der Waals surface area contributed by atoms with Crippen LogP contribution in [0.2, 0.25) is 0 Å². The number of fused-ring (bicyclic) bond motifs is 12. The predicted octanol–water partition coefficient (Wildman–Crippen LogP) is 6.21. The quantitative estimate of drug-likeness (QED) is 0.128. The SMILES string of the molecule is CCc1c2[nH]c(c1C)C=c1[nH]c(c(C)c1CC)=c1[nH]c(c(CC)c1C)=Cc1ccc([nH]1)C=c1[nH]c(c(C)c1CC)=c1[nH]c(c(CC)c1C)=C2. The van der Waals surface area contributed by atoms with Gasteiger partial charge in [0.05, 0.1) is 21.4 Å². The van der Waals surface area contributed by atoms with Crippen molar-refractivity contribution < 1.29 is 0 Å².